The predicted molar refractivity (Wildman–Crippen MR) is 129 cm³/mol. The molecular weight excluding hydrogens is 450 g/mol. The lowest BCUT2D eigenvalue weighted by Gasteiger charge is -2.57. The molecule has 0 spiro atoms. The number of aromatic nitrogens is 4. The van der Waals surface area contributed by atoms with Gasteiger partial charge in [0, 0.05) is 11.2 Å². The summed E-state index contributed by atoms with van der Waals surface area (Å²) in [5.41, 5.74) is 3.09. The predicted octanol–water partition coefficient (Wildman–Crippen LogP) is 5.37. The lowest BCUT2D eigenvalue weighted by Crippen LogP contribution is -2.48. The number of benzene rings is 1. The van der Waals surface area contributed by atoms with Crippen molar-refractivity contribution >= 4 is 29.3 Å². The van der Waals surface area contributed by atoms with Crippen LogP contribution in [0.1, 0.15) is 60.0 Å². The molecule has 2 heterocycles. The number of nitrogens with zero attached hydrogens (tertiary/aromatic N) is 4. The standard InChI is InChI=1S/C26H28ClN5O2/c1-34-24(33)21-3-2-6-28-23(21)30-25-29-15-32(31-25)14-19-4-5-20(10-22(19)27)26-11-16-7-17(12-26)9-18(8-16)13-26/h2-6,10,15-18H,7-9,11-14H2,1H3,(H,28,30,31). The fourth-order valence-electron chi connectivity index (χ4n) is 6.96. The first kappa shape index (κ1) is 21.6. The second-order valence-corrected chi connectivity index (χ2v) is 10.7. The Bertz CT molecular complexity index is 1200. The lowest BCUT2D eigenvalue weighted by atomic mass is 9.48. The number of halogens is 1. The molecule has 0 aliphatic heterocycles. The number of hydrogen-bond donors (Lipinski definition) is 1. The third-order valence-corrected chi connectivity index (χ3v) is 8.37. The van der Waals surface area contributed by atoms with Crippen LogP contribution in [0.4, 0.5) is 11.8 Å². The van der Waals surface area contributed by atoms with Crippen LogP contribution in [-0.4, -0.2) is 32.8 Å². The molecule has 2 aromatic heterocycles. The summed E-state index contributed by atoms with van der Waals surface area (Å²) >= 11 is 6.79. The van der Waals surface area contributed by atoms with Crippen molar-refractivity contribution in [2.24, 2.45) is 17.8 Å². The second-order valence-electron chi connectivity index (χ2n) is 10.3. The van der Waals surface area contributed by atoms with Crippen molar-refractivity contribution in [1.29, 1.82) is 0 Å². The number of hydrogen-bond acceptors (Lipinski definition) is 6. The Balaban J connectivity index is 1.18. The van der Waals surface area contributed by atoms with Crippen LogP contribution < -0.4 is 5.32 Å². The van der Waals surface area contributed by atoms with Gasteiger partial charge in [-0.3, -0.25) is 0 Å². The third-order valence-electron chi connectivity index (χ3n) is 8.02. The highest BCUT2D eigenvalue weighted by Gasteiger charge is 2.51. The Hall–Kier alpha value is -2.93. The van der Waals surface area contributed by atoms with Gasteiger partial charge in [0.2, 0.25) is 5.95 Å². The topological polar surface area (TPSA) is 81.9 Å². The summed E-state index contributed by atoms with van der Waals surface area (Å²) in [7, 11) is 1.34. The Labute approximate surface area is 203 Å². The SMILES string of the molecule is COC(=O)c1cccnc1Nc1ncn(Cc2ccc(C34CC5CC(CC(C5)C3)C4)cc2Cl)n1. The molecule has 0 amide bonds. The van der Waals surface area contributed by atoms with E-state index in [0.717, 1.165) is 28.3 Å². The fourth-order valence-corrected chi connectivity index (χ4v) is 7.20. The number of pyridine rings is 1. The van der Waals surface area contributed by atoms with Gasteiger partial charge in [-0.05, 0) is 91.0 Å². The Kier molecular flexibility index (Phi) is 5.32. The van der Waals surface area contributed by atoms with E-state index >= 15 is 0 Å². The zero-order valence-electron chi connectivity index (χ0n) is 19.2. The van der Waals surface area contributed by atoms with Crippen molar-refractivity contribution in [1.82, 2.24) is 19.7 Å². The average molecular weight is 478 g/mol. The summed E-state index contributed by atoms with van der Waals surface area (Å²) in [5.74, 6) is 2.95. The van der Waals surface area contributed by atoms with Crippen molar-refractivity contribution in [3.05, 3.63) is 64.6 Å². The monoisotopic (exact) mass is 477 g/mol. The lowest BCUT2D eigenvalue weighted by molar-refractivity contribution is -0.00519. The van der Waals surface area contributed by atoms with Gasteiger partial charge in [0.05, 0.1) is 13.7 Å². The molecule has 7 nitrogen and oxygen atoms in total. The summed E-state index contributed by atoms with van der Waals surface area (Å²) < 4.78 is 6.55. The van der Waals surface area contributed by atoms with Crippen molar-refractivity contribution in [2.75, 3.05) is 12.4 Å². The molecule has 0 atom stereocenters. The molecule has 8 heteroatoms. The number of carbonyl (C=O) groups is 1. The number of rotatable bonds is 6. The maximum absolute atomic E-state index is 12.0. The maximum Gasteiger partial charge on any atom is 0.341 e. The van der Waals surface area contributed by atoms with E-state index in [9.17, 15) is 4.79 Å². The zero-order valence-corrected chi connectivity index (χ0v) is 20.0. The Morgan fingerprint density at radius 2 is 1.88 bits per heavy atom. The first-order chi connectivity index (χ1) is 16.5. The van der Waals surface area contributed by atoms with E-state index in [-0.39, 0.29) is 0 Å². The van der Waals surface area contributed by atoms with E-state index < -0.39 is 5.97 Å². The molecule has 1 aromatic carbocycles. The first-order valence-corrected chi connectivity index (χ1v) is 12.4. The minimum atomic E-state index is -0.471. The molecule has 0 radical (unpaired) electrons. The number of esters is 1. The van der Waals surface area contributed by atoms with Crippen molar-refractivity contribution < 1.29 is 9.53 Å². The van der Waals surface area contributed by atoms with Crippen molar-refractivity contribution in [3.8, 4) is 0 Å². The van der Waals surface area contributed by atoms with E-state index in [0.29, 0.717) is 29.3 Å². The molecule has 7 rings (SSSR count). The van der Waals surface area contributed by atoms with Crippen molar-refractivity contribution in [3.63, 3.8) is 0 Å². The van der Waals surface area contributed by atoms with Gasteiger partial charge in [0.25, 0.3) is 0 Å². The van der Waals surface area contributed by atoms with Crippen molar-refractivity contribution in [2.45, 2.75) is 50.5 Å². The minimum Gasteiger partial charge on any atom is -0.465 e. The molecule has 0 saturated heterocycles. The number of ether oxygens (including phenoxy) is 1. The van der Waals surface area contributed by atoms with Crippen LogP contribution in [0.2, 0.25) is 5.02 Å². The molecule has 34 heavy (non-hydrogen) atoms. The van der Waals surface area contributed by atoms with E-state index in [1.807, 2.05) is 0 Å². The van der Waals surface area contributed by atoms with Crippen LogP contribution in [0.15, 0.2) is 42.9 Å². The normalized spacial score (nSPS) is 27.1. The first-order valence-electron chi connectivity index (χ1n) is 12.0. The summed E-state index contributed by atoms with van der Waals surface area (Å²) in [6, 6.07) is 9.97. The average Bonchev–Trinajstić information content (AvgIpc) is 3.26. The molecule has 0 unspecified atom stereocenters. The Morgan fingerprint density at radius 1 is 1.15 bits per heavy atom. The van der Waals surface area contributed by atoms with Crippen LogP contribution in [0.5, 0.6) is 0 Å². The highest BCUT2D eigenvalue weighted by molar-refractivity contribution is 6.31. The number of carbonyl (C=O) groups excluding carboxylic acids is 1. The Morgan fingerprint density at radius 3 is 2.56 bits per heavy atom. The summed E-state index contributed by atoms with van der Waals surface area (Å²) in [6.45, 7) is 0.515. The fraction of sp³-hybridized carbons (Fsp3) is 0.462. The van der Waals surface area contributed by atoms with Gasteiger partial charge in [0.15, 0.2) is 0 Å². The van der Waals surface area contributed by atoms with Gasteiger partial charge >= 0.3 is 5.97 Å². The van der Waals surface area contributed by atoms with Gasteiger partial charge < -0.3 is 10.1 Å². The van der Waals surface area contributed by atoms with Crippen LogP contribution in [0, 0.1) is 17.8 Å². The number of anilines is 2. The van der Waals surface area contributed by atoms with Gasteiger partial charge in [-0.2, -0.15) is 0 Å². The molecule has 4 aliphatic carbocycles. The summed E-state index contributed by atoms with van der Waals surface area (Å²) in [5, 5.41) is 8.28. The highest BCUT2D eigenvalue weighted by Crippen LogP contribution is 2.60. The number of nitrogens with one attached hydrogen (secondary N) is 1. The second kappa shape index (κ2) is 8.38. The van der Waals surface area contributed by atoms with Gasteiger partial charge in [0.1, 0.15) is 17.7 Å². The minimum absolute atomic E-state index is 0.324. The summed E-state index contributed by atoms with van der Waals surface area (Å²) in [4.78, 5) is 20.5. The molecule has 1 N–H and O–H groups in total. The van der Waals surface area contributed by atoms with Crippen LogP contribution in [0.3, 0.4) is 0 Å². The molecule has 4 saturated carbocycles. The van der Waals surface area contributed by atoms with Gasteiger partial charge in [-0.15, -0.1) is 5.10 Å². The summed E-state index contributed by atoms with van der Waals surface area (Å²) in [6.07, 6.45) is 11.5. The molecular formula is C26H28ClN5O2. The molecule has 4 fully saturated rings. The molecule has 4 bridgehead atoms. The molecule has 4 aliphatic rings. The van der Waals surface area contributed by atoms with E-state index in [1.165, 1.54) is 51.2 Å². The molecule has 3 aromatic rings. The van der Waals surface area contributed by atoms with Crippen LogP contribution in [0.25, 0.3) is 0 Å². The largest absolute Gasteiger partial charge is 0.465 e. The van der Waals surface area contributed by atoms with Crippen LogP contribution in [-0.2, 0) is 16.7 Å². The van der Waals surface area contributed by atoms with E-state index in [2.05, 4.69) is 38.6 Å². The van der Waals surface area contributed by atoms with E-state index in [4.69, 9.17) is 16.3 Å². The third kappa shape index (κ3) is 3.86. The van der Waals surface area contributed by atoms with Crippen LogP contribution >= 0.6 is 11.6 Å². The smallest absolute Gasteiger partial charge is 0.341 e. The highest BCUT2D eigenvalue weighted by atomic mass is 35.5. The molecule has 176 valence electrons. The zero-order chi connectivity index (χ0) is 23.3. The quantitative estimate of drug-likeness (QED) is 0.480. The number of methoxy groups -OCH3 is 1. The van der Waals surface area contributed by atoms with Gasteiger partial charge in [-0.1, -0.05) is 23.7 Å². The van der Waals surface area contributed by atoms with Gasteiger partial charge in [-0.25, -0.2) is 19.4 Å². The maximum atomic E-state index is 12.0. The van der Waals surface area contributed by atoms with E-state index in [1.54, 1.807) is 29.3 Å².